The van der Waals surface area contributed by atoms with Crippen molar-refractivity contribution in [3.05, 3.63) is 45.4 Å². The quantitative estimate of drug-likeness (QED) is 0.865. The number of aryl methyl sites for hydroxylation is 2. The minimum atomic E-state index is 0.158. The molecule has 0 spiro atoms. The lowest BCUT2D eigenvalue weighted by molar-refractivity contribution is 0.0795. The first kappa shape index (κ1) is 16.0. The average molecular weight is 329 g/mol. The number of carbonyl (C=O) groups is 1. The van der Waals surface area contributed by atoms with E-state index < -0.39 is 0 Å². The van der Waals surface area contributed by atoms with E-state index in [1.807, 2.05) is 45.0 Å². The molecule has 1 fully saturated rings. The van der Waals surface area contributed by atoms with Crippen LogP contribution >= 0.6 is 11.3 Å². The van der Waals surface area contributed by atoms with Gasteiger partial charge in [-0.15, -0.1) is 11.3 Å². The minimum Gasteiger partial charge on any atom is -0.378 e. The first-order valence-corrected chi connectivity index (χ1v) is 8.77. The number of anilines is 1. The van der Waals surface area contributed by atoms with Gasteiger partial charge >= 0.3 is 0 Å². The molecule has 3 heterocycles. The van der Waals surface area contributed by atoms with Gasteiger partial charge in [0.2, 0.25) is 0 Å². The van der Waals surface area contributed by atoms with Crippen LogP contribution in [-0.2, 0) is 0 Å². The number of nitrogens with zero attached hydrogens (tertiary/aromatic N) is 3. The molecular formula is C18H23N3OS. The van der Waals surface area contributed by atoms with Gasteiger partial charge in [-0.1, -0.05) is 0 Å². The summed E-state index contributed by atoms with van der Waals surface area (Å²) >= 11 is 1.58. The van der Waals surface area contributed by atoms with Crippen LogP contribution in [0.15, 0.2) is 24.3 Å². The van der Waals surface area contributed by atoms with Gasteiger partial charge in [0.15, 0.2) is 0 Å². The van der Waals surface area contributed by atoms with Crippen molar-refractivity contribution in [2.45, 2.75) is 26.2 Å². The summed E-state index contributed by atoms with van der Waals surface area (Å²) in [4.78, 5) is 23.4. The van der Waals surface area contributed by atoms with Gasteiger partial charge in [-0.05, 0) is 44.5 Å². The fraction of sp³-hybridized carbons (Fsp3) is 0.444. The van der Waals surface area contributed by atoms with E-state index in [2.05, 4.69) is 17.0 Å². The van der Waals surface area contributed by atoms with Crippen molar-refractivity contribution in [1.82, 2.24) is 9.88 Å². The van der Waals surface area contributed by atoms with Gasteiger partial charge in [-0.25, -0.2) is 0 Å². The van der Waals surface area contributed by atoms with Crippen molar-refractivity contribution in [1.29, 1.82) is 0 Å². The smallest absolute Gasteiger partial charge is 0.263 e. The Kier molecular flexibility index (Phi) is 4.39. The molecule has 0 aromatic carbocycles. The van der Waals surface area contributed by atoms with Crippen molar-refractivity contribution in [3.63, 3.8) is 0 Å². The lowest BCUT2D eigenvalue weighted by Crippen LogP contribution is -2.27. The Morgan fingerprint density at radius 3 is 2.74 bits per heavy atom. The number of hydrogen-bond acceptors (Lipinski definition) is 4. The number of pyridine rings is 1. The van der Waals surface area contributed by atoms with Crippen molar-refractivity contribution in [3.8, 4) is 0 Å². The third kappa shape index (κ3) is 3.39. The zero-order chi connectivity index (χ0) is 16.6. The van der Waals surface area contributed by atoms with E-state index in [0.717, 1.165) is 35.8 Å². The Bertz CT molecular complexity index is 723. The molecule has 3 rings (SSSR count). The van der Waals surface area contributed by atoms with Crippen LogP contribution < -0.4 is 4.90 Å². The van der Waals surface area contributed by atoms with E-state index in [9.17, 15) is 4.79 Å². The summed E-state index contributed by atoms with van der Waals surface area (Å²) in [7, 11) is 4.09. The standard InChI is InChI=1S/C18H23N3OS/c1-12-9-15(20(3)4)10-16(19-12)14-7-8-21(11-14)18(22)17-6-5-13(2)23-17/h5-6,9-10,14H,7-8,11H2,1-4H3. The molecule has 23 heavy (non-hydrogen) atoms. The maximum atomic E-state index is 12.6. The highest BCUT2D eigenvalue weighted by Crippen LogP contribution is 2.30. The highest BCUT2D eigenvalue weighted by Gasteiger charge is 2.29. The van der Waals surface area contributed by atoms with Gasteiger partial charge < -0.3 is 9.80 Å². The molecule has 1 atom stereocenters. The summed E-state index contributed by atoms with van der Waals surface area (Å²) < 4.78 is 0. The van der Waals surface area contributed by atoms with Crippen LogP contribution in [-0.4, -0.2) is 43.0 Å². The fourth-order valence-corrected chi connectivity index (χ4v) is 3.87. The second kappa shape index (κ2) is 6.32. The normalized spacial score (nSPS) is 17.6. The Hall–Kier alpha value is -1.88. The highest BCUT2D eigenvalue weighted by molar-refractivity contribution is 7.13. The number of rotatable bonds is 3. The predicted molar refractivity (Wildman–Crippen MR) is 95.6 cm³/mol. The Labute approximate surface area is 141 Å². The lowest BCUT2D eigenvalue weighted by atomic mass is 10.0. The largest absolute Gasteiger partial charge is 0.378 e. The van der Waals surface area contributed by atoms with Crippen molar-refractivity contribution >= 4 is 22.9 Å². The molecule has 0 bridgehead atoms. The maximum Gasteiger partial charge on any atom is 0.263 e. The number of hydrogen-bond donors (Lipinski definition) is 0. The van der Waals surface area contributed by atoms with Gasteiger partial charge in [-0.3, -0.25) is 9.78 Å². The molecule has 4 nitrogen and oxygen atoms in total. The zero-order valence-corrected chi connectivity index (χ0v) is 15.0. The Morgan fingerprint density at radius 1 is 1.30 bits per heavy atom. The van der Waals surface area contributed by atoms with Gasteiger partial charge in [0, 0.05) is 55.1 Å². The third-order valence-electron chi connectivity index (χ3n) is 4.32. The van der Waals surface area contributed by atoms with Gasteiger partial charge in [0.25, 0.3) is 5.91 Å². The summed E-state index contributed by atoms with van der Waals surface area (Å²) in [5, 5.41) is 0. The number of amides is 1. The molecule has 1 aliphatic heterocycles. The van der Waals surface area contributed by atoms with Crippen LogP contribution in [0.3, 0.4) is 0 Å². The summed E-state index contributed by atoms with van der Waals surface area (Å²) in [6.07, 6.45) is 0.986. The zero-order valence-electron chi connectivity index (χ0n) is 14.2. The summed E-state index contributed by atoms with van der Waals surface area (Å²) in [6.45, 7) is 5.64. The lowest BCUT2D eigenvalue weighted by Gasteiger charge is -2.18. The summed E-state index contributed by atoms with van der Waals surface area (Å²) in [5.74, 6) is 0.490. The van der Waals surface area contributed by atoms with Crippen LogP contribution in [0.25, 0.3) is 0 Å². The second-order valence-corrected chi connectivity index (χ2v) is 7.72. The first-order valence-electron chi connectivity index (χ1n) is 7.95. The minimum absolute atomic E-state index is 0.158. The van der Waals surface area contributed by atoms with E-state index >= 15 is 0 Å². The predicted octanol–water partition coefficient (Wildman–Crippen LogP) is 3.46. The van der Waals surface area contributed by atoms with Crippen molar-refractivity contribution < 1.29 is 4.79 Å². The SMILES string of the molecule is Cc1cc(N(C)C)cc(C2CCN(C(=O)c3ccc(C)s3)C2)n1. The number of aromatic nitrogens is 1. The first-order chi connectivity index (χ1) is 10.9. The molecule has 0 saturated carbocycles. The monoisotopic (exact) mass is 329 g/mol. The molecule has 1 unspecified atom stereocenters. The molecule has 5 heteroatoms. The molecule has 122 valence electrons. The molecule has 0 aliphatic carbocycles. The Morgan fingerprint density at radius 2 is 2.09 bits per heavy atom. The van der Waals surface area contributed by atoms with Crippen LogP contribution in [0.2, 0.25) is 0 Å². The second-order valence-electron chi connectivity index (χ2n) is 6.43. The topological polar surface area (TPSA) is 36.4 Å². The van der Waals surface area contributed by atoms with E-state index in [1.165, 1.54) is 10.6 Å². The third-order valence-corrected chi connectivity index (χ3v) is 5.31. The summed E-state index contributed by atoms with van der Waals surface area (Å²) in [6, 6.07) is 8.19. The fourth-order valence-electron chi connectivity index (χ4n) is 3.03. The van der Waals surface area contributed by atoms with Crippen molar-refractivity contribution in [2.24, 2.45) is 0 Å². The van der Waals surface area contributed by atoms with Gasteiger partial charge in [-0.2, -0.15) is 0 Å². The van der Waals surface area contributed by atoms with Crippen LogP contribution in [0, 0.1) is 13.8 Å². The molecule has 1 saturated heterocycles. The molecule has 0 N–H and O–H groups in total. The van der Waals surface area contributed by atoms with Gasteiger partial charge in [0.05, 0.1) is 4.88 Å². The molecule has 1 aliphatic rings. The molecule has 2 aromatic rings. The molecule has 0 radical (unpaired) electrons. The van der Waals surface area contributed by atoms with E-state index in [1.54, 1.807) is 11.3 Å². The van der Waals surface area contributed by atoms with E-state index in [4.69, 9.17) is 4.98 Å². The number of likely N-dealkylation sites (tertiary alicyclic amines) is 1. The van der Waals surface area contributed by atoms with Gasteiger partial charge in [0.1, 0.15) is 0 Å². The number of thiophene rings is 1. The molecule has 2 aromatic heterocycles. The Balaban J connectivity index is 1.76. The van der Waals surface area contributed by atoms with Crippen molar-refractivity contribution in [2.75, 3.05) is 32.1 Å². The number of carbonyl (C=O) groups excluding carboxylic acids is 1. The maximum absolute atomic E-state index is 12.6. The van der Waals surface area contributed by atoms with Crippen LogP contribution in [0.1, 0.15) is 38.3 Å². The van der Waals surface area contributed by atoms with E-state index in [0.29, 0.717) is 5.92 Å². The molecular weight excluding hydrogens is 306 g/mol. The average Bonchev–Trinajstić information content (AvgIpc) is 3.15. The van der Waals surface area contributed by atoms with Crippen LogP contribution in [0.5, 0.6) is 0 Å². The highest BCUT2D eigenvalue weighted by atomic mass is 32.1. The van der Waals surface area contributed by atoms with Crippen LogP contribution in [0.4, 0.5) is 5.69 Å². The molecule has 1 amide bonds. The van der Waals surface area contributed by atoms with E-state index in [-0.39, 0.29) is 5.91 Å². The summed E-state index contributed by atoms with van der Waals surface area (Å²) in [5.41, 5.74) is 3.31.